The van der Waals surface area contributed by atoms with Crippen LogP contribution in [-0.4, -0.2) is 19.3 Å². The summed E-state index contributed by atoms with van der Waals surface area (Å²) in [4.78, 5) is 0. The van der Waals surface area contributed by atoms with Gasteiger partial charge in [0.15, 0.2) is 11.5 Å². The Morgan fingerprint density at radius 2 is 2.00 bits per heavy atom. The van der Waals surface area contributed by atoms with Gasteiger partial charge in [0, 0.05) is 12.6 Å². The van der Waals surface area contributed by atoms with E-state index in [1.165, 1.54) is 25.7 Å². The van der Waals surface area contributed by atoms with Gasteiger partial charge in [-0.2, -0.15) is 0 Å². The van der Waals surface area contributed by atoms with E-state index < -0.39 is 0 Å². The lowest BCUT2D eigenvalue weighted by Crippen LogP contribution is -2.25. The van der Waals surface area contributed by atoms with Crippen molar-refractivity contribution in [2.45, 2.75) is 58.2 Å². The van der Waals surface area contributed by atoms with Crippen molar-refractivity contribution in [3.8, 4) is 11.5 Å². The van der Waals surface area contributed by atoms with Crippen molar-refractivity contribution in [3.63, 3.8) is 0 Å². The molecule has 0 saturated heterocycles. The minimum atomic E-state index is 0.0730. The summed E-state index contributed by atoms with van der Waals surface area (Å²) in [6.45, 7) is 4.78. The van der Waals surface area contributed by atoms with Crippen molar-refractivity contribution >= 4 is 11.6 Å². The van der Waals surface area contributed by atoms with Gasteiger partial charge in [-0.1, -0.05) is 24.4 Å². The normalized spacial score (nSPS) is 15.8. The lowest BCUT2D eigenvalue weighted by atomic mass is 10.1. The fourth-order valence-corrected chi connectivity index (χ4v) is 2.90. The van der Waals surface area contributed by atoms with Gasteiger partial charge < -0.3 is 14.8 Å². The van der Waals surface area contributed by atoms with Crippen LogP contribution in [0.15, 0.2) is 12.1 Å². The number of halogens is 1. The van der Waals surface area contributed by atoms with Gasteiger partial charge in [-0.25, -0.2) is 0 Å². The van der Waals surface area contributed by atoms with Crippen molar-refractivity contribution in [3.05, 3.63) is 22.7 Å². The molecule has 1 aromatic rings. The standard InChI is InChI=1S/C16H24ClNO2/c1-11(2)20-16-14(17)8-12(9-15(16)19-3)10-18-13-6-4-5-7-13/h8-9,11,13,18H,4-7,10H2,1-3H3. The lowest BCUT2D eigenvalue weighted by molar-refractivity contribution is 0.230. The van der Waals surface area contributed by atoms with E-state index >= 15 is 0 Å². The van der Waals surface area contributed by atoms with Gasteiger partial charge in [0.05, 0.1) is 18.2 Å². The zero-order valence-electron chi connectivity index (χ0n) is 12.5. The predicted molar refractivity (Wildman–Crippen MR) is 82.9 cm³/mol. The Morgan fingerprint density at radius 1 is 1.30 bits per heavy atom. The smallest absolute Gasteiger partial charge is 0.180 e. The summed E-state index contributed by atoms with van der Waals surface area (Å²) in [6, 6.07) is 4.61. The van der Waals surface area contributed by atoms with Gasteiger partial charge in [0.2, 0.25) is 0 Å². The monoisotopic (exact) mass is 297 g/mol. The average molecular weight is 298 g/mol. The van der Waals surface area contributed by atoms with E-state index in [1.54, 1.807) is 7.11 Å². The molecule has 0 amide bonds. The lowest BCUT2D eigenvalue weighted by Gasteiger charge is -2.17. The molecular weight excluding hydrogens is 274 g/mol. The second-order valence-corrected chi connectivity index (χ2v) is 6.05. The van der Waals surface area contributed by atoms with Crippen LogP contribution < -0.4 is 14.8 Å². The van der Waals surface area contributed by atoms with Gasteiger partial charge >= 0.3 is 0 Å². The largest absolute Gasteiger partial charge is 0.493 e. The number of benzene rings is 1. The summed E-state index contributed by atoms with van der Waals surface area (Å²) in [7, 11) is 1.65. The van der Waals surface area contributed by atoms with E-state index in [1.807, 2.05) is 26.0 Å². The van der Waals surface area contributed by atoms with Crippen molar-refractivity contribution in [1.82, 2.24) is 5.32 Å². The molecule has 0 aromatic heterocycles. The fourth-order valence-electron chi connectivity index (χ4n) is 2.62. The zero-order valence-corrected chi connectivity index (χ0v) is 13.3. The quantitative estimate of drug-likeness (QED) is 0.855. The molecule has 2 rings (SSSR count). The second kappa shape index (κ2) is 7.19. The highest BCUT2D eigenvalue weighted by molar-refractivity contribution is 6.32. The van der Waals surface area contributed by atoms with E-state index in [4.69, 9.17) is 21.1 Å². The number of hydrogen-bond donors (Lipinski definition) is 1. The topological polar surface area (TPSA) is 30.5 Å². The number of ether oxygens (including phenoxy) is 2. The van der Waals surface area contributed by atoms with Gasteiger partial charge in [0.25, 0.3) is 0 Å². The summed E-state index contributed by atoms with van der Waals surface area (Å²) in [5.41, 5.74) is 1.13. The van der Waals surface area contributed by atoms with Gasteiger partial charge in [-0.15, -0.1) is 0 Å². The molecule has 112 valence electrons. The van der Waals surface area contributed by atoms with Crippen LogP contribution in [-0.2, 0) is 6.54 Å². The van der Waals surface area contributed by atoms with Crippen LogP contribution in [0.3, 0.4) is 0 Å². The minimum Gasteiger partial charge on any atom is -0.493 e. The first kappa shape index (κ1) is 15.5. The molecule has 0 atom stereocenters. The maximum Gasteiger partial charge on any atom is 0.180 e. The highest BCUT2D eigenvalue weighted by atomic mass is 35.5. The Hall–Kier alpha value is -0.930. The Morgan fingerprint density at radius 3 is 2.60 bits per heavy atom. The molecule has 1 aliphatic rings. The summed E-state index contributed by atoms with van der Waals surface area (Å²) in [5.74, 6) is 1.34. The fraction of sp³-hybridized carbons (Fsp3) is 0.625. The minimum absolute atomic E-state index is 0.0730. The van der Waals surface area contributed by atoms with E-state index in [-0.39, 0.29) is 6.10 Å². The molecule has 20 heavy (non-hydrogen) atoms. The Kier molecular flexibility index (Phi) is 5.55. The van der Waals surface area contributed by atoms with Crippen LogP contribution >= 0.6 is 11.6 Å². The Labute approximate surface area is 126 Å². The van der Waals surface area contributed by atoms with Crippen LogP contribution in [0.5, 0.6) is 11.5 Å². The molecule has 3 nitrogen and oxygen atoms in total. The first-order chi connectivity index (χ1) is 9.60. The Bertz CT molecular complexity index is 442. The van der Waals surface area contributed by atoms with Crippen LogP contribution in [0.2, 0.25) is 5.02 Å². The molecule has 0 heterocycles. The molecule has 1 N–H and O–H groups in total. The molecule has 1 aromatic carbocycles. The summed E-state index contributed by atoms with van der Waals surface area (Å²) >= 11 is 6.32. The highest BCUT2D eigenvalue weighted by Gasteiger charge is 2.16. The van der Waals surface area contributed by atoms with Crippen LogP contribution in [0.1, 0.15) is 45.1 Å². The second-order valence-electron chi connectivity index (χ2n) is 5.64. The van der Waals surface area contributed by atoms with E-state index in [0.717, 1.165) is 12.1 Å². The number of rotatable bonds is 6. The number of nitrogens with one attached hydrogen (secondary N) is 1. The highest BCUT2D eigenvalue weighted by Crippen LogP contribution is 2.37. The van der Waals surface area contributed by atoms with Crippen LogP contribution in [0.25, 0.3) is 0 Å². The third-order valence-electron chi connectivity index (χ3n) is 3.59. The summed E-state index contributed by atoms with van der Waals surface area (Å²) in [6.07, 6.45) is 5.30. The van der Waals surface area contributed by atoms with Crippen molar-refractivity contribution < 1.29 is 9.47 Å². The molecular formula is C16H24ClNO2. The third kappa shape index (κ3) is 4.03. The molecule has 0 unspecified atom stereocenters. The molecule has 0 radical (unpaired) electrons. The molecule has 1 saturated carbocycles. The first-order valence-corrected chi connectivity index (χ1v) is 7.74. The van der Waals surface area contributed by atoms with Crippen LogP contribution in [0.4, 0.5) is 0 Å². The van der Waals surface area contributed by atoms with Crippen molar-refractivity contribution in [2.75, 3.05) is 7.11 Å². The molecule has 4 heteroatoms. The first-order valence-electron chi connectivity index (χ1n) is 7.36. The average Bonchev–Trinajstić information content (AvgIpc) is 2.91. The molecule has 0 spiro atoms. The van der Waals surface area contributed by atoms with E-state index in [0.29, 0.717) is 22.6 Å². The van der Waals surface area contributed by atoms with E-state index in [9.17, 15) is 0 Å². The van der Waals surface area contributed by atoms with Gasteiger partial charge in [-0.05, 0) is 44.4 Å². The van der Waals surface area contributed by atoms with Crippen molar-refractivity contribution in [2.24, 2.45) is 0 Å². The maximum atomic E-state index is 6.32. The van der Waals surface area contributed by atoms with Crippen LogP contribution in [0, 0.1) is 0 Å². The zero-order chi connectivity index (χ0) is 14.5. The molecule has 0 bridgehead atoms. The maximum absolute atomic E-state index is 6.32. The molecule has 1 fully saturated rings. The number of hydrogen-bond acceptors (Lipinski definition) is 3. The summed E-state index contributed by atoms with van der Waals surface area (Å²) in [5, 5.41) is 4.19. The van der Waals surface area contributed by atoms with E-state index in [2.05, 4.69) is 5.32 Å². The third-order valence-corrected chi connectivity index (χ3v) is 3.87. The Balaban J connectivity index is 2.08. The number of methoxy groups -OCH3 is 1. The molecule has 0 aliphatic heterocycles. The molecule has 1 aliphatic carbocycles. The summed E-state index contributed by atoms with van der Waals surface area (Å²) < 4.78 is 11.1. The van der Waals surface area contributed by atoms with Gasteiger partial charge in [0.1, 0.15) is 0 Å². The van der Waals surface area contributed by atoms with Crippen molar-refractivity contribution in [1.29, 1.82) is 0 Å². The predicted octanol–water partition coefficient (Wildman–Crippen LogP) is 4.17. The van der Waals surface area contributed by atoms with Gasteiger partial charge in [-0.3, -0.25) is 0 Å². The SMILES string of the molecule is COc1cc(CNC2CCCC2)cc(Cl)c1OC(C)C.